The Hall–Kier alpha value is -2.01. The maximum atomic E-state index is 4.69. The van der Waals surface area contributed by atoms with Gasteiger partial charge in [0.05, 0.1) is 16.7 Å². The van der Waals surface area contributed by atoms with E-state index in [-0.39, 0.29) is 0 Å². The molecule has 3 aromatic rings. The Morgan fingerprint density at radius 3 is 2.75 bits per heavy atom. The SMILES string of the molecule is Cc1cnc(CSc2nc3ccccc3[nH]2)c(C)c1N1CCCC1. The molecule has 3 heterocycles. The van der Waals surface area contributed by atoms with Gasteiger partial charge < -0.3 is 9.88 Å². The third-order valence-corrected chi connectivity index (χ3v) is 5.60. The van der Waals surface area contributed by atoms with Crippen molar-refractivity contribution in [3.63, 3.8) is 0 Å². The van der Waals surface area contributed by atoms with Crippen LogP contribution in [0.15, 0.2) is 35.6 Å². The fourth-order valence-corrected chi connectivity index (χ4v) is 4.38. The fraction of sp³-hybridized carbons (Fsp3) is 0.368. The minimum atomic E-state index is 0.840. The molecule has 0 bridgehead atoms. The summed E-state index contributed by atoms with van der Waals surface area (Å²) in [5.41, 5.74) is 7.26. The molecule has 1 aromatic carbocycles. The molecule has 4 nitrogen and oxygen atoms in total. The molecule has 0 amide bonds. The summed E-state index contributed by atoms with van der Waals surface area (Å²) in [7, 11) is 0. The van der Waals surface area contributed by atoms with Gasteiger partial charge in [-0.1, -0.05) is 23.9 Å². The lowest BCUT2D eigenvalue weighted by atomic mass is 10.1. The lowest BCUT2D eigenvalue weighted by Gasteiger charge is -2.23. The highest BCUT2D eigenvalue weighted by atomic mass is 32.2. The third-order valence-electron chi connectivity index (χ3n) is 4.71. The molecular weight excluding hydrogens is 316 g/mol. The molecule has 4 rings (SSSR count). The van der Waals surface area contributed by atoms with Crippen molar-refractivity contribution >= 4 is 28.5 Å². The molecule has 124 valence electrons. The molecule has 24 heavy (non-hydrogen) atoms. The monoisotopic (exact) mass is 338 g/mol. The predicted octanol–water partition coefficient (Wildman–Crippen LogP) is 4.47. The number of hydrogen-bond acceptors (Lipinski definition) is 4. The molecule has 0 spiro atoms. The van der Waals surface area contributed by atoms with Gasteiger partial charge in [-0.25, -0.2) is 4.98 Å². The number of nitrogens with one attached hydrogen (secondary N) is 1. The molecule has 1 N–H and O–H groups in total. The normalized spacial score (nSPS) is 14.7. The van der Waals surface area contributed by atoms with Gasteiger partial charge in [-0.15, -0.1) is 0 Å². The number of H-pyrrole nitrogens is 1. The lowest BCUT2D eigenvalue weighted by Crippen LogP contribution is -2.20. The first kappa shape index (κ1) is 15.5. The number of fused-ring (bicyclic) bond motifs is 1. The van der Waals surface area contributed by atoms with E-state index in [0.717, 1.165) is 27.6 Å². The number of benzene rings is 1. The molecule has 0 atom stereocenters. The van der Waals surface area contributed by atoms with Crippen LogP contribution in [0.1, 0.15) is 29.7 Å². The van der Waals surface area contributed by atoms with Gasteiger partial charge in [-0.2, -0.15) is 0 Å². The molecule has 0 aliphatic carbocycles. The van der Waals surface area contributed by atoms with Gasteiger partial charge in [-0.05, 0) is 49.9 Å². The molecule has 1 saturated heterocycles. The van der Waals surface area contributed by atoms with E-state index in [1.54, 1.807) is 11.8 Å². The van der Waals surface area contributed by atoms with E-state index in [9.17, 15) is 0 Å². The van der Waals surface area contributed by atoms with E-state index >= 15 is 0 Å². The van der Waals surface area contributed by atoms with Crippen LogP contribution in [0.5, 0.6) is 0 Å². The van der Waals surface area contributed by atoms with Crippen molar-refractivity contribution < 1.29 is 0 Å². The summed E-state index contributed by atoms with van der Waals surface area (Å²) in [6, 6.07) is 8.15. The molecule has 5 heteroatoms. The van der Waals surface area contributed by atoms with Crippen LogP contribution in [-0.4, -0.2) is 28.0 Å². The number of rotatable bonds is 4. The number of pyridine rings is 1. The summed E-state index contributed by atoms with van der Waals surface area (Å²) in [6.45, 7) is 6.72. The van der Waals surface area contributed by atoms with Crippen LogP contribution in [0.2, 0.25) is 0 Å². The Kier molecular flexibility index (Phi) is 4.19. The van der Waals surface area contributed by atoms with E-state index in [2.05, 4.69) is 39.8 Å². The van der Waals surface area contributed by atoms with Crippen LogP contribution in [0.25, 0.3) is 11.0 Å². The average molecular weight is 338 g/mol. The first-order chi connectivity index (χ1) is 11.7. The highest BCUT2D eigenvalue weighted by molar-refractivity contribution is 7.98. The van der Waals surface area contributed by atoms with Gasteiger partial charge in [0.1, 0.15) is 0 Å². The van der Waals surface area contributed by atoms with E-state index in [1.165, 1.54) is 42.7 Å². The zero-order valence-electron chi connectivity index (χ0n) is 14.2. The highest BCUT2D eigenvalue weighted by Crippen LogP contribution is 2.31. The fourth-order valence-electron chi connectivity index (χ4n) is 3.47. The predicted molar refractivity (Wildman–Crippen MR) is 101 cm³/mol. The Morgan fingerprint density at radius 1 is 1.17 bits per heavy atom. The first-order valence-electron chi connectivity index (χ1n) is 8.50. The summed E-state index contributed by atoms with van der Waals surface area (Å²) in [5, 5.41) is 0.959. The minimum absolute atomic E-state index is 0.840. The van der Waals surface area contributed by atoms with Crippen molar-refractivity contribution in [2.24, 2.45) is 0 Å². The van der Waals surface area contributed by atoms with Crippen molar-refractivity contribution in [3.05, 3.63) is 47.3 Å². The number of aromatic amines is 1. The van der Waals surface area contributed by atoms with Gasteiger partial charge in [0.2, 0.25) is 0 Å². The number of hydrogen-bond donors (Lipinski definition) is 1. The zero-order valence-corrected chi connectivity index (χ0v) is 15.0. The molecule has 0 unspecified atom stereocenters. The number of anilines is 1. The Labute approximate surface area is 146 Å². The Balaban J connectivity index is 1.56. The summed E-state index contributed by atoms with van der Waals surface area (Å²) >= 11 is 1.72. The number of aryl methyl sites for hydroxylation is 1. The van der Waals surface area contributed by atoms with Gasteiger partial charge >= 0.3 is 0 Å². The van der Waals surface area contributed by atoms with Gasteiger partial charge in [0, 0.05) is 30.7 Å². The number of nitrogens with zero attached hydrogens (tertiary/aromatic N) is 3. The largest absolute Gasteiger partial charge is 0.371 e. The maximum absolute atomic E-state index is 4.69. The quantitative estimate of drug-likeness (QED) is 0.713. The molecular formula is C19H22N4S. The van der Waals surface area contributed by atoms with E-state index in [1.807, 2.05) is 24.4 Å². The van der Waals surface area contributed by atoms with Crippen molar-refractivity contribution in [3.8, 4) is 0 Å². The van der Waals surface area contributed by atoms with Gasteiger partial charge in [0.15, 0.2) is 5.16 Å². The lowest BCUT2D eigenvalue weighted by molar-refractivity contribution is 0.937. The number of aromatic nitrogens is 3. The van der Waals surface area contributed by atoms with E-state index < -0.39 is 0 Å². The van der Waals surface area contributed by atoms with Crippen LogP contribution < -0.4 is 4.90 Å². The maximum Gasteiger partial charge on any atom is 0.166 e. The molecule has 0 saturated carbocycles. The smallest absolute Gasteiger partial charge is 0.166 e. The standard InChI is InChI=1S/C19H22N4S/c1-13-11-20-17(14(2)18(13)23-9-5-6-10-23)12-24-19-21-15-7-3-4-8-16(15)22-19/h3-4,7-8,11H,5-6,9-10,12H2,1-2H3,(H,21,22). The van der Waals surface area contributed by atoms with E-state index in [0.29, 0.717) is 0 Å². The Morgan fingerprint density at radius 2 is 1.96 bits per heavy atom. The summed E-state index contributed by atoms with van der Waals surface area (Å²) in [4.78, 5) is 15.2. The molecule has 1 aliphatic rings. The third kappa shape index (κ3) is 2.88. The molecule has 1 aliphatic heterocycles. The first-order valence-corrected chi connectivity index (χ1v) is 9.48. The molecule has 0 radical (unpaired) electrons. The van der Waals surface area contributed by atoms with Crippen molar-refractivity contribution in [2.45, 2.75) is 37.6 Å². The van der Waals surface area contributed by atoms with E-state index in [4.69, 9.17) is 0 Å². The topological polar surface area (TPSA) is 44.8 Å². The zero-order chi connectivity index (χ0) is 16.5. The number of para-hydroxylation sites is 2. The molecule has 1 fully saturated rings. The number of thioether (sulfide) groups is 1. The Bertz CT molecular complexity index is 832. The average Bonchev–Trinajstić information content (AvgIpc) is 3.23. The van der Waals surface area contributed by atoms with Crippen LogP contribution in [-0.2, 0) is 5.75 Å². The van der Waals surface area contributed by atoms with Crippen LogP contribution in [0.3, 0.4) is 0 Å². The number of imidazole rings is 1. The second-order valence-electron chi connectivity index (χ2n) is 6.40. The van der Waals surface area contributed by atoms with Crippen LogP contribution >= 0.6 is 11.8 Å². The molecule has 2 aromatic heterocycles. The van der Waals surface area contributed by atoms with Gasteiger partial charge in [0.25, 0.3) is 0 Å². The highest BCUT2D eigenvalue weighted by Gasteiger charge is 2.19. The minimum Gasteiger partial charge on any atom is -0.371 e. The van der Waals surface area contributed by atoms with Crippen molar-refractivity contribution in [1.82, 2.24) is 15.0 Å². The second-order valence-corrected chi connectivity index (χ2v) is 7.37. The van der Waals surface area contributed by atoms with Crippen molar-refractivity contribution in [2.75, 3.05) is 18.0 Å². The summed E-state index contributed by atoms with van der Waals surface area (Å²) in [5.74, 6) is 0.840. The van der Waals surface area contributed by atoms with Crippen molar-refractivity contribution in [1.29, 1.82) is 0 Å². The second kappa shape index (κ2) is 6.48. The van der Waals surface area contributed by atoms with Crippen LogP contribution in [0.4, 0.5) is 5.69 Å². The van der Waals surface area contributed by atoms with Gasteiger partial charge in [-0.3, -0.25) is 4.98 Å². The van der Waals surface area contributed by atoms with Crippen LogP contribution in [0, 0.1) is 13.8 Å². The summed E-state index contributed by atoms with van der Waals surface area (Å²) in [6.07, 6.45) is 4.61. The summed E-state index contributed by atoms with van der Waals surface area (Å²) < 4.78 is 0.